The summed E-state index contributed by atoms with van der Waals surface area (Å²) in [6.45, 7) is 1.22. The van der Waals surface area contributed by atoms with Crippen LogP contribution >= 0.6 is 34.5 Å². The Hall–Kier alpha value is -2.00. The van der Waals surface area contributed by atoms with E-state index in [9.17, 15) is 8.42 Å². The molecule has 1 saturated heterocycles. The fourth-order valence-corrected chi connectivity index (χ4v) is 6.71. The van der Waals surface area contributed by atoms with Crippen molar-refractivity contribution >= 4 is 49.5 Å². The maximum absolute atomic E-state index is 13.0. The lowest BCUT2D eigenvalue weighted by atomic mass is 10.1. The van der Waals surface area contributed by atoms with Crippen LogP contribution in [0.3, 0.4) is 0 Å². The lowest BCUT2D eigenvalue weighted by molar-refractivity contribution is 0.394. The van der Waals surface area contributed by atoms with Gasteiger partial charge in [0, 0.05) is 30.1 Å². The van der Waals surface area contributed by atoms with Gasteiger partial charge in [-0.05, 0) is 43.2 Å². The fourth-order valence-electron chi connectivity index (χ4n) is 3.70. The predicted molar refractivity (Wildman–Crippen MR) is 130 cm³/mol. The minimum atomic E-state index is -3.47. The van der Waals surface area contributed by atoms with Crippen LogP contribution in [-0.2, 0) is 9.84 Å². The van der Waals surface area contributed by atoms with E-state index in [1.807, 2.05) is 23.6 Å². The highest BCUT2D eigenvalue weighted by molar-refractivity contribution is 7.92. The molecule has 1 aliphatic heterocycles. The molecular weight excluding hydrogens is 491 g/mol. The Morgan fingerprint density at radius 2 is 1.66 bits per heavy atom. The number of methoxy groups -OCH3 is 2. The molecule has 0 saturated carbocycles. The van der Waals surface area contributed by atoms with Crippen LogP contribution in [0.15, 0.2) is 46.7 Å². The molecule has 1 aliphatic rings. The Balaban J connectivity index is 1.47. The van der Waals surface area contributed by atoms with Gasteiger partial charge in [0.1, 0.15) is 11.5 Å². The molecule has 4 rings (SSSR count). The van der Waals surface area contributed by atoms with E-state index in [1.54, 1.807) is 14.2 Å². The van der Waals surface area contributed by atoms with Gasteiger partial charge in [-0.2, -0.15) is 0 Å². The molecule has 0 unspecified atom stereocenters. The van der Waals surface area contributed by atoms with Gasteiger partial charge in [0.05, 0.1) is 40.1 Å². The normalized spacial score (nSPS) is 15.1. The third-order valence-corrected chi connectivity index (χ3v) is 9.41. The molecule has 1 aromatic heterocycles. The van der Waals surface area contributed by atoms with E-state index in [2.05, 4.69) is 4.90 Å². The Morgan fingerprint density at radius 1 is 1.00 bits per heavy atom. The first-order valence-corrected chi connectivity index (χ1v) is 13.1. The van der Waals surface area contributed by atoms with E-state index in [-0.39, 0.29) is 9.92 Å². The van der Waals surface area contributed by atoms with Gasteiger partial charge in [-0.1, -0.05) is 23.2 Å². The average molecular weight is 513 g/mol. The highest BCUT2D eigenvalue weighted by Gasteiger charge is 2.32. The second-order valence-corrected chi connectivity index (χ2v) is 11.3. The molecular formula is C22H22Cl2N2O4S2. The summed E-state index contributed by atoms with van der Waals surface area (Å²) in [6, 6.07) is 10.1. The molecule has 3 aromatic rings. The Morgan fingerprint density at radius 3 is 2.25 bits per heavy atom. The second kappa shape index (κ2) is 9.47. The number of sulfone groups is 1. The van der Waals surface area contributed by atoms with Crippen molar-refractivity contribution in [3.8, 4) is 22.8 Å². The molecule has 6 nitrogen and oxygen atoms in total. The zero-order chi connectivity index (χ0) is 22.9. The van der Waals surface area contributed by atoms with E-state index < -0.39 is 15.1 Å². The Labute approximate surface area is 201 Å². The molecule has 0 N–H and O–H groups in total. The first-order chi connectivity index (χ1) is 15.3. The molecule has 170 valence electrons. The molecule has 2 aromatic carbocycles. The van der Waals surface area contributed by atoms with Gasteiger partial charge < -0.3 is 14.4 Å². The molecule has 0 radical (unpaired) electrons. The number of rotatable bonds is 6. The molecule has 0 amide bonds. The number of thiazole rings is 1. The third kappa shape index (κ3) is 4.69. The van der Waals surface area contributed by atoms with Crippen LogP contribution in [0.25, 0.3) is 11.3 Å². The van der Waals surface area contributed by atoms with Gasteiger partial charge in [0.25, 0.3) is 0 Å². The molecule has 10 heteroatoms. The smallest absolute Gasteiger partial charge is 0.185 e. The van der Waals surface area contributed by atoms with Crippen molar-refractivity contribution in [2.45, 2.75) is 23.0 Å². The summed E-state index contributed by atoms with van der Waals surface area (Å²) < 4.78 is 36.8. The summed E-state index contributed by atoms with van der Waals surface area (Å²) >= 11 is 13.5. The van der Waals surface area contributed by atoms with Gasteiger partial charge in [-0.15, -0.1) is 11.3 Å². The largest absolute Gasteiger partial charge is 0.497 e. The first kappa shape index (κ1) is 23.2. The van der Waals surface area contributed by atoms with Crippen LogP contribution in [0.2, 0.25) is 10.0 Å². The van der Waals surface area contributed by atoms with Crippen molar-refractivity contribution in [2.24, 2.45) is 0 Å². The SMILES string of the molecule is COc1cc(OC)cc(-c2csc(N3CCC(S(=O)(=O)c4ccc(Cl)c(Cl)c4)CC3)n2)c1. The van der Waals surface area contributed by atoms with Crippen LogP contribution in [0, 0.1) is 0 Å². The second-order valence-electron chi connectivity index (χ2n) is 7.42. The standard InChI is InChI=1S/C22H22Cl2N2O4S2/c1-29-15-9-14(10-16(11-15)30-2)21-13-31-22(25-21)26-7-5-17(6-8-26)32(27,28)18-3-4-19(23)20(24)12-18/h3-4,9-13,17H,5-8H2,1-2H3. The Bertz CT molecular complexity index is 1200. The maximum atomic E-state index is 13.0. The van der Waals surface area contributed by atoms with E-state index in [0.29, 0.717) is 42.5 Å². The Kier molecular flexibility index (Phi) is 6.86. The van der Waals surface area contributed by atoms with E-state index >= 15 is 0 Å². The van der Waals surface area contributed by atoms with Gasteiger partial charge in [0.2, 0.25) is 0 Å². The van der Waals surface area contributed by atoms with Crippen LogP contribution in [0.4, 0.5) is 5.13 Å². The topological polar surface area (TPSA) is 68.7 Å². The van der Waals surface area contributed by atoms with Crippen molar-refractivity contribution in [2.75, 3.05) is 32.2 Å². The predicted octanol–water partition coefficient (Wildman–Crippen LogP) is 5.58. The highest BCUT2D eigenvalue weighted by Crippen LogP contribution is 2.35. The zero-order valence-corrected chi connectivity index (χ0v) is 20.7. The van der Waals surface area contributed by atoms with Crippen molar-refractivity contribution in [1.29, 1.82) is 0 Å². The number of hydrogen-bond acceptors (Lipinski definition) is 7. The van der Waals surface area contributed by atoms with Gasteiger partial charge in [0.15, 0.2) is 15.0 Å². The number of nitrogens with zero attached hydrogens (tertiary/aromatic N) is 2. The number of halogens is 2. The van der Waals surface area contributed by atoms with Crippen LogP contribution in [0.5, 0.6) is 11.5 Å². The zero-order valence-electron chi connectivity index (χ0n) is 17.5. The third-order valence-electron chi connectivity index (χ3n) is 5.51. The van der Waals surface area contributed by atoms with E-state index in [1.165, 1.54) is 29.5 Å². The van der Waals surface area contributed by atoms with Gasteiger partial charge in [-0.3, -0.25) is 0 Å². The number of aromatic nitrogens is 1. The maximum Gasteiger partial charge on any atom is 0.185 e. The van der Waals surface area contributed by atoms with E-state index in [0.717, 1.165) is 16.4 Å². The van der Waals surface area contributed by atoms with Crippen molar-refractivity contribution < 1.29 is 17.9 Å². The minimum Gasteiger partial charge on any atom is -0.497 e. The molecule has 0 bridgehead atoms. The van der Waals surface area contributed by atoms with Crippen LogP contribution < -0.4 is 14.4 Å². The summed E-state index contributed by atoms with van der Waals surface area (Å²) in [4.78, 5) is 7.12. The molecule has 0 atom stereocenters. The summed E-state index contributed by atoms with van der Waals surface area (Å²) in [6.07, 6.45) is 1.04. The lowest BCUT2D eigenvalue weighted by Crippen LogP contribution is -2.39. The summed E-state index contributed by atoms with van der Waals surface area (Å²) in [5.41, 5.74) is 1.73. The minimum absolute atomic E-state index is 0.217. The summed E-state index contributed by atoms with van der Waals surface area (Å²) in [5, 5.41) is 2.98. The van der Waals surface area contributed by atoms with E-state index in [4.69, 9.17) is 37.7 Å². The lowest BCUT2D eigenvalue weighted by Gasteiger charge is -2.31. The number of benzene rings is 2. The van der Waals surface area contributed by atoms with Gasteiger partial charge in [-0.25, -0.2) is 13.4 Å². The summed E-state index contributed by atoms with van der Waals surface area (Å²) in [7, 11) is -0.250. The average Bonchev–Trinajstić information content (AvgIpc) is 3.31. The molecule has 1 fully saturated rings. The van der Waals surface area contributed by atoms with Crippen molar-refractivity contribution in [3.05, 3.63) is 51.8 Å². The fraction of sp³-hybridized carbons (Fsp3) is 0.318. The number of anilines is 1. The van der Waals surface area contributed by atoms with Gasteiger partial charge >= 0.3 is 0 Å². The molecule has 2 heterocycles. The van der Waals surface area contributed by atoms with Crippen molar-refractivity contribution in [3.63, 3.8) is 0 Å². The number of ether oxygens (including phenoxy) is 2. The molecule has 32 heavy (non-hydrogen) atoms. The van der Waals surface area contributed by atoms with Crippen molar-refractivity contribution in [1.82, 2.24) is 4.98 Å². The quantitative estimate of drug-likeness (QED) is 0.429. The van der Waals surface area contributed by atoms with Crippen LogP contribution in [-0.4, -0.2) is 46.0 Å². The molecule has 0 aliphatic carbocycles. The first-order valence-electron chi connectivity index (χ1n) is 9.94. The molecule has 0 spiro atoms. The highest BCUT2D eigenvalue weighted by atomic mass is 35.5. The monoisotopic (exact) mass is 512 g/mol. The summed E-state index contributed by atoms with van der Waals surface area (Å²) in [5.74, 6) is 1.39. The number of piperidine rings is 1. The van der Waals surface area contributed by atoms with Crippen LogP contribution in [0.1, 0.15) is 12.8 Å². The number of hydrogen-bond donors (Lipinski definition) is 0.